The number of furan rings is 1. The first kappa shape index (κ1) is 41.9. The Kier molecular flexibility index (Phi) is 8.85. The highest BCUT2D eigenvalue weighted by Gasteiger charge is 2.42. The molecule has 336 valence electrons. The van der Waals surface area contributed by atoms with Crippen molar-refractivity contribution in [2.24, 2.45) is 0 Å². The lowest BCUT2D eigenvalue weighted by Crippen LogP contribution is -2.40. The van der Waals surface area contributed by atoms with Crippen LogP contribution in [-0.2, 0) is 21.7 Å². The molecule has 5 heteroatoms. The molecule has 0 radical (unpaired) electrons. The zero-order valence-electron chi connectivity index (χ0n) is 41.0. The summed E-state index contributed by atoms with van der Waals surface area (Å²) in [5.41, 5.74) is 19.3. The van der Waals surface area contributed by atoms with E-state index in [4.69, 9.17) is 4.42 Å². The van der Waals surface area contributed by atoms with Crippen molar-refractivity contribution in [1.82, 2.24) is 0 Å². The maximum atomic E-state index is 6.64. The molecule has 0 unspecified atom stereocenters. The number of hydrogen-bond donors (Lipinski definition) is 1. The van der Waals surface area contributed by atoms with E-state index in [9.17, 15) is 0 Å². The average Bonchev–Trinajstić information content (AvgIpc) is 3.89. The summed E-state index contributed by atoms with van der Waals surface area (Å²) in [4.78, 5) is 2.75. The third-order valence-corrected chi connectivity index (χ3v) is 18.0. The number of aryl methyl sites for hydroxylation is 1. The number of nitrogens with zero attached hydrogens (tertiary/aromatic N) is 1. The Morgan fingerprint density at radius 1 is 0.515 bits per heavy atom. The monoisotopic (exact) mass is 902 g/mol. The van der Waals surface area contributed by atoms with Crippen LogP contribution >= 0.6 is 11.3 Å². The van der Waals surface area contributed by atoms with E-state index in [2.05, 4.69) is 206 Å². The van der Waals surface area contributed by atoms with Crippen molar-refractivity contribution in [1.29, 1.82) is 0 Å². The summed E-state index contributed by atoms with van der Waals surface area (Å²) in [5, 5.41) is 12.6. The van der Waals surface area contributed by atoms with Gasteiger partial charge in [-0.25, -0.2) is 0 Å². The summed E-state index contributed by atoms with van der Waals surface area (Å²) in [6, 6.07) is 50.5. The molecule has 10 aromatic rings. The molecule has 0 saturated heterocycles. The molecule has 0 fully saturated rings. The van der Waals surface area contributed by atoms with Crippen molar-refractivity contribution in [2.45, 2.75) is 110 Å². The minimum Gasteiger partial charge on any atom is -0.454 e. The predicted molar refractivity (Wildman–Crippen MR) is 296 cm³/mol. The number of fused-ring (bicyclic) bond motifs is 12. The van der Waals surface area contributed by atoms with Gasteiger partial charge in [0, 0.05) is 48.9 Å². The first-order valence-corrected chi connectivity index (χ1v) is 25.7. The molecule has 1 aliphatic heterocycles. The largest absolute Gasteiger partial charge is 0.454 e. The highest BCUT2D eigenvalue weighted by molar-refractivity contribution is 7.29. The number of thiophene rings is 1. The van der Waals surface area contributed by atoms with Crippen LogP contribution < -0.4 is 20.5 Å². The maximum Gasteiger partial charge on any atom is 0.211 e. The van der Waals surface area contributed by atoms with Crippen molar-refractivity contribution in [3.8, 4) is 11.1 Å². The normalized spacial score (nSPS) is 17.5. The van der Waals surface area contributed by atoms with Gasteiger partial charge < -0.3 is 14.6 Å². The molecule has 0 saturated carbocycles. The molecule has 3 heterocycles. The minimum absolute atomic E-state index is 0.0540. The van der Waals surface area contributed by atoms with Crippen LogP contribution in [0.3, 0.4) is 0 Å². The summed E-state index contributed by atoms with van der Waals surface area (Å²) < 4.78 is 9.47. The molecule has 3 nitrogen and oxygen atoms in total. The molecule has 0 atom stereocenters. The highest BCUT2D eigenvalue weighted by Crippen LogP contribution is 2.54. The molecule has 13 rings (SSSR count). The zero-order valence-corrected chi connectivity index (χ0v) is 41.8. The number of benzene rings is 8. The van der Waals surface area contributed by atoms with Crippen LogP contribution in [0.15, 0.2) is 138 Å². The third-order valence-electron chi connectivity index (χ3n) is 16.9. The van der Waals surface area contributed by atoms with E-state index >= 15 is 0 Å². The van der Waals surface area contributed by atoms with Crippen LogP contribution in [-0.4, -0.2) is 7.28 Å². The zero-order chi connectivity index (χ0) is 46.6. The quantitative estimate of drug-likeness (QED) is 0.178. The van der Waals surface area contributed by atoms with Crippen molar-refractivity contribution < 1.29 is 4.42 Å². The van der Waals surface area contributed by atoms with E-state index in [0.717, 1.165) is 40.6 Å². The smallest absolute Gasteiger partial charge is 0.211 e. The Morgan fingerprint density at radius 2 is 1.09 bits per heavy atom. The molecule has 1 N–H and O–H groups in total. The third kappa shape index (κ3) is 6.16. The van der Waals surface area contributed by atoms with Crippen LogP contribution in [0.1, 0.15) is 109 Å². The molecule has 68 heavy (non-hydrogen) atoms. The number of anilines is 5. The van der Waals surface area contributed by atoms with Gasteiger partial charge in [-0.1, -0.05) is 140 Å². The van der Waals surface area contributed by atoms with Gasteiger partial charge in [-0.2, -0.15) is 0 Å². The van der Waals surface area contributed by atoms with Crippen LogP contribution in [0.5, 0.6) is 0 Å². The maximum absolute atomic E-state index is 6.64. The first-order valence-electron chi connectivity index (χ1n) is 24.9. The van der Waals surface area contributed by atoms with Gasteiger partial charge in [-0.05, 0) is 163 Å². The summed E-state index contributed by atoms with van der Waals surface area (Å²) >= 11 is 2.02. The number of rotatable bonds is 4. The Hall–Kier alpha value is -6.30. The SMILES string of the molecule is Cc1cc2c(cc1N1c3c(c(-c4cc5ccccc5cc4Nc4cccc5c4oc4ccccc45)cc4ccccc34)Bc3sc4cc5c(cc4c31)C(C)(C)CCC5(C)C)C(C)(C)CCC2(C)C. The van der Waals surface area contributed by atoms with E-state index in [1.54, 1.807) is 0 Å². The highest BCUT2D eigenvalue weighted by atomic mass is 32.1. The van der Waals surface area contributed by atoms with Gasteiger partial charge in [-0.15, -0.1) is 11.3 Å². The van der Waals surface area contributed by atoms with E-state index in [1.165, 1.54) is 124 Å². The standard InChI is InChI=1S/C63H59BN2OS/c1-36-29-46-48(62(6,7)27-25-60(46,2)3)34-52(36)66-56-40-20-13-12-19-39(40)31-44(55(56)64-59-57(66)45-33-47-49(35-54(45)68-59)63(8,9)28-26-61(47,4)5)43-30-37-17-10-11-18-38(37)32-51(43)65-50-23-16-22-42-41-21-14-15-24-53(41)67-58(42)50/h10-24,29-35,64-65H,25-28H2,1-9H3. The fourth-order valence-electron chi connectivity index (χ4n) is 12.6. The molecule has 0 amide bonds. The van der Waals surface area contributed by atoms with Crippen molar-refractivity contribution in [3.63, 3.8) is 0 Å². The number of nitrogens with one attached hydrogen (secondary N) is 1. The lowest BCUT2D eigenvalue weighted by molar-refractivity contribution is 0.332. The summed E-state index contributed by atoms with van der Waals surface area (Å²) in [7, 11) is 0.839. The fourth-order valence-corrected chi connectivity index (χ4v) is 13.9. The van der Waals surface area contributed by atoms with Crippen molar-refractivity contribution in [2.75, 3.05) is 10.2 Å². The van der Waals surface area contributed by atoms with Gasteiger partial charge in [0.25, 0.3) is 0 Å². The first-order chi connectivity index (χ1) is 32.6. The predicted octanol–water partition coefficient (Wildman–Crippen LogP) is 16.7. The van der Waals surface area contributed by atoms with E-state index in [-0.39, 0.29) is 21.7 Å². The van der Waals surface area contributed by atoms with Gasteiger partial charge >= 0.3 is 0 Å². The Labute approximate surface area is 405 Å². The molecule has 2 aliphatic carbocycles. The molecule has 8 aromatic carbocycles. The van der Waals surface area contributed by atoms with Crippen LogP contribution in [0, 0.1) is 6.92 Å². The van der Waals surface area contributed by atoms with Crippen LogP contribution in [0.25, 0.3) is 64.7 Å². The second-order valence-electron chi connectivity index (χ2n) is 23.1. The summed E-state index contributed by atoms with van der Waals surface area (Å²) in [6.07, 6.45) is 4.75. The van der Waals surface area contributed by atoms with E-state index in [0.29, 0.717) is 0 Å². The lowest BCUT2D eigenvalue weighted by atomic mass is 9.60. The number of hydrogen-bond acceptors (Lipinski definition) is 4. The second-order valence-corrected chi connectivity index (χ2v) is 24.3. The summed E-state index contributed by atoms with van der Waals surface area (Å²) in [6.45, 7) is 22.1. The fraction of sp³-hybridized carbons (Fsp3) is 0.270. The van der Waals surface area contributed by atoms with Crippen molar-refractivity contribution in [3.05, 3.63) is 161 Å². The van der Waals surface area contributed by atoms with E-state index in [1.807, 2.05) is 11.3 Å². The van der Waals surface area contributed by atoms with Gasteiger partial charge in [0.05, 0.1) is 11.4 Å². The Bertz CT molecular complexity index is 3790. The Morgan fingerprint density at radius 3 is 1.81 bits per heavy atom. The Balaban J connectivity index is 1.12. The van der Waals surface area contributed by atoms with Gasteiger partial charge in [-0.3, -0.25) is 0 Å². The van der Waals surface area contributed by atoms with Gasteiger partial charge in [0.2, 0.25) is 7.28 Å². The topological polar surface area (TPSA) is 28.4 Å². The molecule has 0 bridgehead atoms. The number of para-hydroxylation sites is 2. The molecule has 3 aliphatic rings. The summed E-state index contributed by atoms with van der Waals surface area (Å²) in [5.74, 6) is 0. The molecular weight excluding hydrogens is 844 g/mol. The van der Waals surface area contributed by atoms with E-state index < -0.39 is 0 Å². The van der Waals surface area contributed by atoms with Crippen molar-refractivity contribution >= 4 is 111 Å². The second kappa shape index (κ2) is 14.4. The molecule has 2 aromatic heterocycles. The van der Waals surface area contributed by atoms with Gasteiger partial charge in [0.1, 0.15) is 5.58 Å². The molecular formula is C63H59BN2OS. The van der Waals surface area contributed by atoms with Gasteiger partial charge in [0.15, 0.2) is 5.58 Å². The minimum atomic E-state index is 0.0540. The average molecular weight is 903 g/mol. The molecule has 0 spiro atoms. The lowest BCUT2D eigenvalue weighted by Gasteiger charge is -2.44. The van der Waals surface area contributed by atoms with Crippen LogP contribution in [0.4, 0.5) is 28.4 Å². The van der Waals surface area contributed by atoms with Crippen LogP contribution in [0.2, 0.25) is 0 Å².